The summed E-state index contributed by atoms with van der Waals surface area (Å²) in [5, 5.41) is 7.60. The number of aliphatic imine (C=N–C) groups is 1. The lowest BCUT2D eigenvalue weighted by atomic mass is 9.93. The maximum absolute atomic E-state index is 12.7. The third-order valence-corrected chi connectivity index (χ3v) is 6.10. The van der Waals surface area contributed by atoms with Crippen LogP contribution in [-0.4, -0.2) is 58.7 Å². The lowest BCUT2D eigenvalue weighted by Gasteiger charge is -2.41. The van der Waals surface area contributed by atoms with Gasteiger partial charge in [0.15, 0.2) is 12.2 Å². The molecule has 2 N–H and O–H groups in total. The highest BCUT2D eigenvalue weighted by atomic mass is 35.5. The maximum atomic E-state index is 12.7. The molecule has 9 heteroatoms. The molecule has 154 valence electrons. The van der Waals surface area contributed by atoms with Crippen LogP contribution in [0.15, 0.2) is 34.4 Å². The van der Waals surface area contributed by atoms with Crippen molar-refractivity contribution in [1.29, 1.82) is 0 Å². The van der Waals surface area contributed by atoms with E-state index < -0.39 is 18.2 Å². The highest BCUT2D eigenvalue weighted by Gasteiger charge is 2.50. The number of hydrazone groups is 1. The number of amides is 3. The van der Waals surface area contributed by atoms with Crippen molar-refractivity contribution in [2.24, 2.45) is 10.1 Å². The van der Waals surface area contributed by atoms with Crippen LogP contribution < -0.4 is 10.7 Å². The van der Waals surface area contributed by atoms with Gasteiger partial charge in [-0.05, 0) is 37.5 Å². The molecule has 3 aliphatic rings. The Kier molecular flexibility index (Phi) is 5.45. The predicted octanol–water partition coefficient (Wildman–Crippen LogP) is 2.53. The number of guanidine groups is 1. The number of carbonyl (C=O) groups excluding carboxylic acids is 2. The minimum atomic E-state index is -0.549. The van der Waals surface area contributed by atoms with Crippen LogP contribution in [0.25, 0.3) is 0 Å². The van der Waals surface area contributed by atoms with Crippen molar-refractivity contribution in [3.8, 4) is 0 Å². The van der Waals surface area contributed by atoms with E-state index in [1.54, 1.807) is 7.05 Å². The third-order valence-electron chi connectivity index (χ3n) is 5.85. The second kappa shape index (κ2) is 8.02. The third kappa shape index (κ3) is 3.81. The van der Waals surface area contributed by atoms with Gasteiger partial charge < -0.3 is 9.80 Å². The fraction of sp³-hybridized carbons (Fsp3) is 0.500. The molecular formula is C20H25ClN6O2. The van der Waals surface area contributed by atoms with Crippen LogP contribution in [0.4, 0.5) is 4.79 Å². The molecule has 1 saturated heterocycles. The molecule has 0 spiro atoms. The van der Waals surface area contributed by atoms with Gasteiger partial charge in [-0.3, -0.25) is 10.1 Å². The van der Waals surface area contributed by atoms with Crippen molar-refractivity contribution in [3.05, 3.63) is 34.9 Å². The fourth-order valence-corrected chi connectivity index (χ4v) is 4.35. The molecule has 0 radical (unpaired) electrons. The van der Waals surface area contributed by atoms with Crippen molar-refractivity contribution in [2.45, 2.75) is 57.3 Å². The summed E-state index contributed by atoms with van der Waals surface area (Å²) in [5.74, 6) is 0.236. The van der Waals surface area contributed by atoms with Crippen molar-refractivity contribution >= 4 is 35.2 Å². The average Bonchev–Trinajstić information content (AvgIpc) is 3.12. The van der Waals surface area contributed by atoms with Crippen LogP contribution in [0.2, 0.25) is 5.02 Å². The number of nitrogens with one attached hydrogen (secondary N) is 2. The first-order valence-electron chi connectivity index (χ1n) is 9.96. The molecule has 29 heavy (non-hydrogen) atoms. The van der Waals surface area contributed by atoms with Crippen molar-refractivity contribution in [2.75, 3.05) is 7.05 Å². The Hall–Kier alpha value is -2.61. The van der Waals surface area contributed by atoms with Crippen LogP contribution in [0.5, 0.6) is 0 Å². The minimum Gasteiger partial charge on any atom is -0.323 e. The number of nitrogens with zero attached hydrogens (tertiary/aromatic N) is 4. The normalized spacial score (nSPS) is 25.6. The number of hydrogen-bond acceptors (Lipinski definition) is 6. The van der Waals surface area contributed by atoms with E-state index in [0.29, 0.717) is 11.0 Å². The molecular weight excluding hydrogens is 392 g/mol. The van der Waals surface area contributed by atoms with E-state index in [1.165, 1.54) is 11.3 Å². The first-order valence-corrected chi connectivity index (χ1v) is 10.3. The van der Waals surface area contributed by atoms with E-state index in [9.17, 15) is 9.59 Å². The molecule has 2 aliphatic heterocycles. The molecule has 8 nitrogen and oxygen atoms in total. The van der Waals surface area contributed by atoms with Gasteiger partial charge in [0.2, 0.25) is 5.96 Å². The SMILES string of the molecule is C/C(=N/NC1=NC2C(C(=O)NC(=O)N2C)N1C1CCCCC1)c1ccc(Cl)cc1. The number of urea groups is 1. The summed E-state index contributed by atoms with van der Waals surface area (Å²) in [4.78, 5) is 32.9. The Balaban J connectivity index is 1.61. The van der Waals surface area contributed by atoms with Gasteiger partial charge in [0, 0.05) is 18.1 Å². The molecule has 1 aromatic rings. The first kappa shape index (κ1) is 19.7. The number of rotatable bonds is 3. The molecule has 0 bridgehead atoms. The lowest BCUT2D eigenvalue weighted by molar-refractivity contribution is -0.128. The topological polar surface area (TPSA) is 89.4 Å². The Morgan fingerprint density at radius 3 is 2.59 bits per heavy atom. The summed E-state index contributed by atoms with van der Waals surface area (Å²) < 4.78 is 0. The van der Waals surface area contributed by atoms with Crippen molar-refractivity contribution in [1.82, 2.24) is 20.5 Å². The van der Waals surface area contributed by atoms with Gasteiger partial charge in [-0.1, -0.05) is 43.0 Å². The monoisotopic (exact) mass is 416 g/mol. The fourth-order valence-electron chi connectivity index (χ4n) is 4.22. The van der Waals surface area contributed by atoms with E-state index in [0.717, 1.165) is 37.0 Å². The van der Waals surface area contributed by atoms with E-state index >= 15 is 0 Å². The molecule has 3 amide bonds. The molecule has 4 rings (SSSR count). The standard InChI is InChI=1S/C20H25ClN6O2/c1-12(13-8-10-14(21)11-9-13)24-25-19-22-17-16(18(28)23-20(29)26(17)2)27(19)15-6-4-3-5-7-15/h8-11,15-17H,3-7H2,1-2H3,(H,22,25)(H,23,28,29)/b24-12-. The number of likely N-dealkylation sites (N-methyl/N-ethyl adjacent to an activating group) is 1. The van der Waals surface area contributed by atoms with Gasteiger partial charge >= 0.3 is 6.03 Å². The maximum Gasteiger partial charge on any atom is 0.325 e. The number of halogens is 1. The summed E-state index contributed by atoms with van der Waals surface area (Å²) >= 11 is 5.96. The zero-order valence-corrected chi connectivity index (χ0v) is 17.3. The molecule has 1 aliphatic carbocycles. The quantitative estimate of drug-likeness (QED) is 0.585. The minimum absolute atomic E-state index is 0.198. The Morgan fingerprint density at radius 2 is 1.90 bits per heavy atom. The van der Waals surface area contributed by atoms with Gasteiger partial charge in [-0.15, -0.1) is 0 Å². The zero-order valence-electron chi connectivity index (χ0n) is 16.6. The largest absolute Gasteiger partial charge is 0.325 e. The second-order valence-corrected chi connectivity index (χ2v) is 8.17. The summed E-state index contributed by atoms with van der Waals surface area (Å²) in [6.45, 7) is 1.89. The van der Waals surface area contributed by atoms with Gasteiger partial charge in [0.25, 0.3) is 5.91 Å². The second-order valence-electron chi connectivity index (χ2n) is 7.73. The molecule has 2 unspecified atom stereocenters. The van der Waals surface area contributed by atoms with E-state index in [1.807, 2.05) is 36.1 Å². The van der Waals surface area contributed by atoms with Crippen molar-refractivity contribution < 1.29 is 9.59 Å². The van der Waals surface area contributed by atoms with Crippen LogP contribution in [0.3, 0.4) is 0 Å². The zero-order chi connectivity index (χ0) is 20.5. The van der Waals surface area contributed by atoms with Gasteiger partial charge in [-0.25, -0.2) is 15.2 Å². The highest BCUT2D eigenvalue weighted by Crippen LogP contribution is 2.31. The molecule has 2 fully saturated rings. The van der Waals surface area contributed by atoms with Crippen LogP contribution in [0.1, 0.15) is 44.6 Å². The number of hydrogen-bond donors (Lipinski definition) is 2. The number of carbonyl (C=O) groups is 2. The summed E-state index contributed by atoms with van der Waals surface area (Å²) in [5.41, 5.74) is 4.78. The summed E-state index contributed by atoms with van der Waals surface area (Å²) in [7, 11) is 1.66. The summed E-state index contributed by atoms with van der Waals surface area (Å²) in [6.07, 6.45) is 4.89. The summed E-state index contributed by atoms with van der Waals surface area (Å²) in [6, 6.07) is 6.67. The predicted molar refractivity (Wildman–Crippen MR) is 112 cm³/mol. The highest BCUT2D eigenvalue weighted by molar-refractivity contribution is 6.30. The molecule has 0 aromatic heterocycles. The van der Waals surface area contributed by atoms with E-state index in [2.05, 4.69) is 20.8 Å². The van der Waals surface area contributed by atoms with Gasteiger partial charge in [0.1, 0.15) is 0 Å². The van der Waals surface area contributed by atoms with Crippen LogP contribution >= 0.6 is 11.6 Å². The first-order chi connectivity index (χ1) is 14.0. The smallest absolute Gasteiger partial charge is 0.323 e. The number of fused-ring (bicyclic) bond motifs is 1. The molecule has 1 aromatic carbocycles. The van der Waals surface area contributed by atoms with E-state index in [-0.39, 0.29) is 11.9 Å². The lowest BCUT2D eigenvalue weighted by Crippen LogP contribution is -2.65. The van der Waals surface area contributed by atoms with Crippen molar-refractivity contribution in [3.63, 3.8) is 0 Å². The Labute approximate surface area is 175 Å². The number of benzene rings is 1. The van der Waals surface area contributed by atoms with Crippen LogP contribution in [0, 0.1) is 0 Å². The Bertz CT molecular complexity index is 862. The van der Waals surface area contributed by atoms with Gasteiger partial charge in [0.05, 0.1) is 5.71 Å². The Morgan fingerprint density at radius 1 is 1.21 bits per heavy atom. The van der Waals surface area contributed by atoms with Crippen LogP contribution in [-0.2, 0) is 4.79 Å². The molecule has 2 heterocycles. The van der Waals surface area contributed by atoms with Gasteiger partial charge in [-0.2, -0.15) is 5.10 Å². The average molecular weight is 417 g/mol. The number of imide groups is 1. The molecule has 1 saturated carbocycles. The molecule has 2 atom stereocenters. The van der Waals surface area contributed by atoms with E-state index in [4.69, 9.17) is 11.6 Å².